The molecule has 1 aliphatic rings. The first-order valence-electron chi connectivity index (χ1n) is 8.74. The minimum absolute atomic E-state index is 0.160. The molecule has 0 saturated heterocycles. The number of carbonyl (C=O) groups is 2. The van der Waals surface area contributed by atoms with Crippen LogP contribution >= 0.6 is 23.2 Å². The Hall–Kier alpha value is -2.34. The molecule has 0 spiro atoms. The van der Waals surface area contributed by atoms with Crippen LogP contribution in [-0.2, 0) is 9.59 Å². The van der Waals surface area contributed by atoms with Crippen molar-refractivity contribution in [3.63, 3.8) is 0 Å². The molecule has 2 aromatic carbocycles. The van der Waals surface area contributed by atoms with Gasteiger partial charge in [0.05, 0.1) is 22.9 Å². The molecule has 5 nitrogen and oxygen atoms in total. The van der Waals surface area contributed by atoms with Crippen molar-refractivity contribution in [3.05, 3.63) is 68.8 Å². The summed E-state index contributed by atoms with van der Waals surface area (Å²) in [6.07, 6.45) is 0. The third-order valence-electron chi connectivity index (χ3n) is 4.83. The fourth-order valence-corrected chi connectivity index (χ4v) is 3.67. The number of aryl methyl sites for hydroxylation is 2. The van der Waals surface area contributed by atoms with Gasteiger partial charge in [0, 0.05) is 24.2 Å². The number of aliphatic hydroxyl groups excluding tert-OH is 1. The zero-order valence-corrected chi connectivity index (χ0v) is 17.3. The van der Waals surface area contributed by atoms with Crippen LogP contribution in [0.2, 0.25) is 10.0 Å². The zero-order valence-electron chi connectivity index (χ0n) is 15.8. The smallest absolute Gasteiger partial charge is 0.282 e. The highest BCUT2D eigenvalue weighted by atomic mass is 35.5. The third-order valence-corrected chi connectivity index (χ3v) is 5.37. The van der Waals surface area contributed by atoms with Crippen LogP contribution < -0.4 is 4.90 Å². The monoisotopic (exact) mass is 418 g/mol. The largest absolute Gasteiger partial charge is 0.395 e. The van der Waals surface area contributed by atoms with Gasteiger partial charge in [0.15, 0.2) is 0 Å². The van der Waals surface area contributed by atoms with Crippen molar-refractivity contribution in [1.82, 2.24) is 4.90 Å². The molecular formula is C21H20Cl2N2O3. The van der Waals surface area contributed by atoms with Crippen LogP contribution in [0.5, 0.6) is 0 Å². The van der Waals surface area contributed by atoms with Gasteiger partial charge in [-0.15, -0.1) is 0 Å². The summed E-state index contributed by atoms with van der Waals surface area (Å²) in [6.45, 7) is 3.92. The molecule has 146 valence electrons. The van der Waals surface area contributed by atoms with E-state index in [2.05, 4.69) is 0 Å². The Morgan fingerprint density at radius 3 is 2.32 bits per heavy atom. The van der Waals surface area contributed by atoms with E-state index in [1.54, 1.807) is 36.2 Å². The minimum Gasteiger partial charge on any atom is -0.395 e. The van der Waals surface area contributed by atoms with Gasteiger partial charge in [0.1, 0.15) is 5.70 Å². The number of likely N-dealkylation sites (N-methyl/N-ethyl adjacent to an activating group) is 1. The minimum atomic E-state index is -0.461. The summed E-state index contributed by atoms with van der Waals surface area (Å²) in [5.74, 6) is -0.914. The van der Waals surface area contributed by atoms with E-state index >= 15 is 0 Å². The Morgan fingerprint density at radius 1 is 1.00 bits per heavy atom. The van der Waals surface area contributed by atoms with Gasteiger partial charge >= 0.3 is 0 Å². The third kappa shape index (κ3) is 3.53. The summed E-state index contributed by atoms with van der Waals surface area (Å²) in [5, 5.41) is 10.0. The lowest BCUT2D eigenvalue weighted by Crippen LogP contribution is -2.35. The molecule has 2 amide bonds. The molecule has 0 bridgehead atoms. The second-order valence-corrected chi connectivity index (χ2v) is 7.55. The molecule has 3 rings (SSSR count). The molecule has 1 heterocycles. The molecule has 0 radical (unpaired) electrons. The van der Waals surface area contributed by atoms with Gasteiger partial charge in [0.25, 0.3) is 11.8 Å². The molecule has 7 heteroatoms. The SMILES string of the molecule is Cc1ccc(N2C(=O)C(c3ccc(Cl)cc3Cl)=C(N(C)CCO)C2=O)cc1C. The highest BCUT2D eigenvalue weighted by Gasteiger charge is 2.42. The lowest BCUT2D eigenvalue weighted by atomic mass is 10.0. The predicted molar refractivity (Wildman–Crippen MR) is 112 cm³/mol. The Kier molecular flexibility index (Phi) is 5.79. The van der Waals surface area contributed by atoms with E-state index in [0.717, 1.165) is 16.0 Å². The summed E-state index contributed by atoms with van der Waals surface area (Å²) < 4.78 is 0. The normalized spacial score (nSPS) is 14.3. The van der Waals surface area contributed by atoms with Crippen LogP contribution in [-0.4, -0.2) is 42.0 Å². The van der Waals surface area contributed by atoms with E-state index in [1.165, 1.54) is 6.07 Å². The Morgan fingerprint density at radius 2 is 1.71 bits per heavy atom. The van der Waals surface area contributed by atoms with Crippen molar-refractivity contribution in [2.75, 3.05) is 25.1 Å². The summed E-state index contributed by atoms with van der Waals surface area (Å²) in [4.78, 5) is 29.3. The zero-order chi connectivity index (χ0) is 20.6. The summed E-state index contributed by atoms with van der Waals surface area (Å²) in [7, 11) is 1.66. The number of hydrogen-bond acceptors (Lipinski definition) is 4. The number of amides is 2. The van der Waals surface area contributed by atoms with E-state index in [0.29, 0.717) is 16.3 Å². The molecule has 1 N–H and O–H groups in total. The number of halogens is 2. The van der Waals surface area contributed by atoms with Crippen molar-refractivity contribution >= 4 is 46.3 Å². The summed E-state index contributed by atoms with van der Waals surface area (Å²) in [5.41, 5.74) is 3.35. The first kappa shape index (κ1) is 20.4. The Bertz CT molecular complexity index is 1000. The van der Waals surface area contributed by atoms with E-state index < -0.39 is 11.8 Å². The average Bonchev–Trinajstić information content (AvgIpc) is 2.88. The van der Waals surface area contributed by atoms with Crippen LogP contribution in [0.1, 0.15) is 16.7 Å². The van der Waals surface area contributed by atoms with Crippen LogP contribution in [0.4, 0.5) is 5.69 Å². The average molecular weight is 419 g/mol. The molecule has 28 heavy (non-hydrogen) atoms. The molecule has 0 saturated carbocycles. The topological polar surface area (TPSA) is 60.9 Å². The first-order valence-corrected chi connectivity index (χ1v) is 9.49. The maximum atomic E-state index is 13.3. The van der Waals surface area contributed by atoms with Crippen molar-refractivity contribution in [3.8, 4) is 0 Å². The second kappa shape index (κ2) is 7.95. The van der Waals surface area contributed by atoms with Gasteiger partial charge in [-0.1, -0.05) is 35.3 Å². The highest BCUT2D eigenvalue weighted by molar-refractivity contribution is 6.47. The van der Waals surface area contributed by atoms with Crippen LogP contribution in [0.3, 0.4) is 0 Å². The second-order valence-electron chi connectivity index (χ2n) is 6.71. The number of aliphatic hydroxyl groups is 1. The number of rotatable bonds is 5. The molecule has 0 aromatic heterocycles. The molecule has 0 atom stereocenters. The maximum Gasteiger partial charge on any atom is 0.282 e. The standard InChI is InChI=1S/C21H20Cl2N2O3/c1-12-4-6-15(10-13(12)2)25-20(27)18(16-7-5-14(22)11-17(16)23)19(21(25)28)24(3)8-9-26/h4-7,10-11,26H,8-9H2,1-3H3. The number of hydrogen-bond donors (Lipinski definition) is 1. The number of imide groups is 1. The Labute approximate surface area is 173 Å². The van der Waals surface area contributed by atoms with Crippen molar-refractivity contribution < 1.29 is 14.7 Å². The van der Waals surface area contributed by atoms with E-state index in [4.69, 9.17) is 23.2 Å². The molecule has 0 aliphatic carbocycles. The van der Waals surface area contributed by atoms with Gasteiger partial charge in [-0.25, -0.2) is 4.90 Å². The molecule has 2 aromatic rings. The highest BCUT2D eigenvalue weighted by Crippen LogP contribution is 2.38. The van der Waals surface area contributed by atoms with E-state index in [9.17, 15) is 14.7 Å². The fourth-order valence-electron chi connectivity index (χ4n) is 3.17. The molecule has 1 aliphatic heterocycles. The molecule has 0 fully saturated rings. The number of nitrogens with zero attached hydrogens (tertiary/aromatic N) is 2. The molecule has 0 unspecified atom stereocenters. The van der Waals surface area contributed by atoms with Crippen molar-refractivity contribution in [2.45, 2.75) is 13.8 Å². The van der Waals surface area contributed by atoms with E-state index in [1.807, 2.05) is 19.9 Å². The molecular weight excluding hydrogens is 399 g/mol. The fraction of sp³-hybridized carbons (Fsp3) is 0.238. The predicted octanol–water partition coefficient (Wildman–Crippen LogP) is 3.82. The maximum absolute atomic E-state index is 13.3. The lowest BCUT2D eigenvalue weighted by Gasteiger charge is -2.20. The summed E-state index contributed by atoms with van der Waals surface area (Å²) in [6, 6.07) is 10.2. The van der Waals surface area contributed by atoms with Gasteiger partial charge < -0.3 is 10.0 Å². The first-order chi connectivity index (χ1) is 13.3. The Balaban J connectivity index is 2.18. The van der Waals surface area contributed by atoms with Crippen LogP contribution in [0, 0.1) is 13.8 Å². The lowest BCUT2D eigenvalue weighted by molar-refractivity contribution is -0.120. The number of carbonyl (C=O) groups excluding carboxylic acids is 2. The van der Waals surface area contributed by atoms with Crippen molar-refractivity contribution in [2.24, 2.45) is 0 Å². The van der Waals surface area contributed by atoms with Gasteiger partial charge in [-0.3, -0.25) is 9.59 Å². The number of anilines is 1. The van der Waals surface area contributed by atoms with Gasteiger partial charge in [-0.05, 0) is 49.2 Å². The van der Waals surface area contributed by atoms with Crippen LogP contribution in [0.25, 0.3) is 5.57 Å². The number of benzene rings is 2. The van der Waals surface area contributed by atoms with Gasteiger partial charge in [0.2, 0.25) is 0 Å². The van der Waals surface area contributed by atoms with Crippen LogP contribution in [0.15, 0.2) is 42.1 Å². The summed E-state index contributed by atoms with van der Waals surface area (Å²) >= 11 is 12.3. The quantitative estimate of drug-likeness (QED) is 0.749. The van der Waals surface area contributed by atoms with Crippen molar-refractivity contribution in [1.29, 1.82) is 0 Å². The van der Waals surface area contributed by atoms with Gasteiger partial charge in [-0.2, -0.15) is 0 Å². The van der Waals surface area contributed by atoms with E-state index in [-0.39, 0.29) is 29.4 Å².